The Morgan fingerprint density at radius 3 is 2.39 bits per heavy atom. The van der Waals surface area contributed by atoms with Crippen LogP contribution < -0.4 is 10.1 Å². The van der Waals surface area contributed by atoms with Crippen molar-refractivity contribution in [2.24, 2.45) is 0 Å². The molecule has 1 aliphatic rings. The minimum absolute atomic E-state index is 0.0633. The van der Waals surface area contributed by atoms with Crippen molar-refractivity contribution in [2.45, 2.75) is 84.3 Å². The number of carbonyl (C=O) groups excluding carboxylic acids is 2. The summed E-state index contributed by atoms with van der Waals surface area (Å²) in [5.74, 6) is 0.852. The van der Waals surface area contributed by atoms with E-state index in [2.05, 4.69) is 25.2 Å². The molecule has 5 nitrogen and oxygen atoms in total. The summed E-state index contributed by atoms with van der Waals surface area (Å²) in [6.07, 6.45) is 4.89. The van der Waals surface area contributed by atoms with Crippen molar-refractivity contribution >= 4 is 11.8 Å². The zero-order valence-electron chi connectivity index (χ0n) is 20.5. The molecular formula is C28H38N2O3. The highest BCUT2D eigenvalue weighted by atomic mass is 16.5. The molecule has 1 atom stereocenters. The SMILES string of the molecule is CC[C@@H](C(=O)NC1CCCC1)N(Cc1cccc(C)c1)C(=O)COc1ccc(C(C)C)cc1. The summed E-state index contributed by atoms with van der Waals surface area (Å²) in [5, 5.41) is 3.18. The lowest BCUT2D eigenvalue weighted by molar-refractivity contribution is -0.143. The topological polar surface area (TPSA) is 58.6 Å². The molecule has 0 spiro atoms. The molecule has 2 aromatic rings. The quantitative estimate of drug-likeness (QED) is 0.530. The Bertz CT molecular complexity index is 917. The van der Waals surface area contributed by atoms with Gasteiger partial charge in [0.15, 0.2) is 6.61 Å². The number of nitrogens with one attached hydrogen (secondary N) is 1. The van der Waals surface area contributed by atoms with E-state index in [9.17, 15) is 9.59 Å². The van der Waals surface area contributed by atoms with Crippen molar-refractivity contribution in [3.63, 3.8) is 0 Å². The lowest BCUT2D eigenvalue weighted by Crippen LogP contribution is -2.52. The minimum atomic E-state index is -0.523. The van der Waals surface area contributed by atoms with E-state index in [1.54, 1.807) is 4.90 Å². The fourth-order valence-corrected chi connectivity index (χ4v) is 4.47. The summed E-state index contributed by atoms with van der Waals surface area (Å²) < 4.78 is 5.83. The summed E-state index contributed by atoms with van der Waals surface area (Å²) in [4.78, 5) is 28.2. The van der Waals surface area contributed by atoms with Crippen LogP contribution in [0, 0.1) is 6.92 Å². The first-order chi connectivity index (χ1) is 15.9. The Morgan fingerprint density at radius 1 is 1.09 bits per heavy atom. The molecule has 1 fully saturated rings. The van der Waals surface area contributed by atoms with Gasteiger partial charge in [-0.05, 0) is 55.4 Å². The van der Waals surface area contributed by atoms with Crippen molar-refractivity contribution in [3.8, 4) is 5.75 Å². The molecule has 0 radical (unpaired) electrons. The average Bonchev–Trinajstić information content (AvgIpc) is 3.30. The summed E-state index contributed by atoms with van der Waals surface area (Å²) in [7, 11) is 0. The van der Waals surface area contributed by atoms with Gasteiger partial charge in [0.1, 0.15) is 11.8 Å². The molecule has 0 bridgehead atoms. The Labute approximate surface area is 198 Å². The summed E-state index contributed by atoms with van der Waals surface area (Å²) in [6, 6.07) is 15.6. The highest BCUT2D eigenvalue weighted by molar-refractivity contribution is 5.88. The molecule has 3 rings (SSSR count). The molecule has 1 aliphatic carbocycles. The van der Waals surface area contributed by atoms with Gasteiger partial charge in [0.25, 0.3) is 5.91 Å². The lowest BCUT2D eigenvalue weighted by Gasteiger charge is -2.31. The van der Waals surface area contributed by atoms with Crippen molar-refractivity contribution in [1.82, 2.24) is 10.2 Å². The summed E-state index contributed by atoms with van der Waals surface area (Å²) in [5.41, 5.74) is 3.37. The Kier molecular flexibility index (Phi) is 8.93. The lowest BCUT2D eigenvalue weighted by atomic mass is 10.0. The van der Waals surface area contributed by atoms with Crippen LogP contribution >= 0.6 is 0 Å². The molecule has 0 saturated heterocycles. The van der Waals surface area contributed by atoms with E-state index in [1.165, 1.54) is 5.56 Å². The van der Waals surface area contributed by atoms with Crippen LogP contribution in [0.1, 0.15) is 75.5 Å². The zero-order valence-corrected chi connectivity index (χ0v) is 20.5. The molecule has 0 aromatic heterocycles. The first-order valence-corrected chi connectivity index (χ1v) is 12.3. The number of rotatable bonds is 10. The van der Waals surface area contributed by atoms with Gasteiger partial charge in [-0.15, -0.1) is 0 Å². The molecule has 2 aromatic carbocycles. The average molecular weight is 451 g/mol. The third-order valence-corrected chi connectivity index (χ3v) is 6.43. The molecule has 1 saturated carbocycles. The largest absolute Gasteiger partial charge is 0.484 e. The van der Waals surface area contributed by atoms with Gasteiger partial charge < -0.3 is 15.0 Å². The van der Waals surface area contributed by atoms with E-state index in [-0.39, 0.29) is 24.5 Å². The number of nitrogens with zero attached hydrogens (tertiary/aromatic N) is 1. The molecule has 2 amide bonds. The molecule has 178 valence electrons. The smallest absolute Gasteiger partial charge is 0.261 e. The first-order valence-electron chi connectivity index (χ1n) is 12.3. The van der Waals surface area contributed by atoms with E-state index < -0.39 is 6.04 Å². The Hall–Kier alpha value is -2.82. The van der Waals surface area contributed by atoms with Crippen LogP contribution in [-0.4, -0.2) is 35.4 Å². The van der Waals surface area contributed by atoms with Crippen LogP contribution in [-0.2, 0) is 16.1 Å². The maximum absolute atomic E-state index is 13.3. The van der Waals surface area contributed by atoms with Gasteiger partial charge in [0.2, 0.25) is 5.91 Å². The number of benzene rings is 2. The molecule has 0 unspecified atom stereocenters. The third-order valence-electron chi connectivity index (χ3n) is 6.43. The highest BCUT2D eigenvalue weighted by Crippen LogP contribution is 2.21. The van der Waals surface area contributed by atoms with Gasteiger partial charge in [-0.1, -0.05) is 75.6 Å². The minimum Gasteiger partial charge on any atom is -0.484 e. The van der Waals surface area contributed by atoms with Crippen molar-refractivity contribution < 1.29 is 14.3 Å². The first kappa shape index (κ1) is 24.8. The molecule has 0 heterocycles. The second kappa shape index (κ2) is 11.9. The molecule has 33 heavy (non-hydrogen) atoms. The zero-order chi connectivity index (χ0) is 23.8. The van der Waals surface area contributed by atoms with Gasteiger partial charge in [-0.25, -0.2) is 0 Å². The summed E-state index contributed by atoms with van der Waals surface area (Å²) >= 11 is 0. The van der Waals surface area contributed by atoms with Crippen LogP contribution in [0.4, 0.5) is 0 Å². The fourth-order valence-electron chi connectivity index (χ4n) is 4.47. The molecule has 5 heteroatoms. The van der Waals surface area contributed by atoms with E-state index >= 15 is 0 Å². The second-order valence-electron chi connectivity index (χ2n) is 9.44. The van der Waals surface area contributed by atoms with Crippen molar-refractivity contribution in [3.05, 3.63) is 65.2 Å². The predicted octanol–water partition coefficient (Wildman–Crippen LogP) is 5.36. The highest BCUT2D eigenvalue weighted by Gasteiger charge is 2.30. The fraction of sp³-hybridized carbons (Fsp3) is 0.500. The molecule has 0 aliphatic heterocycles. The number of hydrogen-bond acceptors (Lipinski definition) is 3. The maximum atomic E-state index is 13.3. The number of aryl methyl sites for hydroxylation is 1. The van der Waals surface area contributed by atoms with Crippen LogP contribution in [0.15, 0.2) is 48.5 Å². The van der Waals surface area contributed by atoms with Gasteiger partial charge in [-0.3, -0.25) is 9.59 Å². The number of ether oxygens (including phenoxy) is 1. The van der Waals surface area contributed by atoms with E-state index in [0.29, 0.717) is 24.6 Å². The van der Waals surface area contributed by atoms with Gasteiger partial charge in [0, 0.05) is 12.6 Å². The predicted molar refractivity (Wildman–Crippen MR) is 132 cm³/mol. The standard InChI is InChI=1S/C28H38N2O3/c1-5-26(28(32)29-24-11-6-7-12-24)30(18-22-10-8-9-21(4)17-22)27(31)19-33-25-15-13-23(14-16-25)20(2)3/h8-10,13-17,20,24,26H,5-7,11-12,18-19H2,1-4H3,(H,29,32)/t26-/m0/s1. The molecular weight excluding hydrogens is 412 g/mol. The molecule has 1 N–H and O–H groups in total. The Balaban J connectivity index is 1.74. The summed E-state index contributed by atoms with van der Waals surface area (Å²) in [6.45, 7) is 8.56. The van der Waals surface area contributed by atoms with Gasteiger partial charge in [0.05, 0.1) is 0 Å². The monoisotopic (exact) mass is 450 g/mol. The van der Waals surface area contributed by atoms with Crippen LogP contribution in [0.2, 0.25) is 0 Å². The van der Waals surface area contributed by atoms with Gasteiger partial charge >= 0.3 is 0 Å². The van der Waals surface area contributed by atoms with Crippen molar-refractivity contribution in [1.29, 1.82) is 0 Å². The normalized spacial score (nSPS) is 14.8. The Morgan fingerprint density at radius 2 is 1.79 bits per heavy atom. The maximum Gasteiger partial charge on any atom is 0.261 e. The number of carbonyl (C=O) groups is 2. The van der Waals surface area contributed by atoms with E-state index in [1.807, 2.05) is 56.3 Å². The van der Waals surface area contributed by atoms with Crippen LogP contribution in [0.5, 0.6) is 5.75 Å². The third kappa shape index (κ3) is 7.08. The van der Waals surface area contributed by atoms with E-state index in [0.717, 1.165) is 36.8 Å². The van der Waals surface area contributed by atoms with Crippen LogP contribution in [0.3, 0.4) is 0 Å². The second-order valence-corrected chi connectivity index (χ2v) is 9.44. The number of hydrogen-bond donors (Lipinski definition) is 1. The van der Waals surface area contributed by atoms with E-state index in [4.69, 9.17) is 4.74 Å². The van der Waals surface area contributed by atoms with Crippen LogP contribution in [0.25, 0.3) is 0 Å². The van der Waals surface area contributed by atoms with Crippen molar-refractivity contribution in [2.75, 3.05) is 6.61 Å². The number of amides is 2. The van der Waals surface area contributed by atoms with Gasteiger partial charge in [-0.2, -0.15) is 0 Å².